The lowest BCUT2D eigenvalue weighted by Crippen LogP contribution is -2.30. The standard InChI is InChI=1S/C10H15N3O3/c14-9(15)8-7(11-10(16)12-8)6-13-4-2-1-3-5-13/h1-6H2,(H,14,15)(H2,11,12,16). The summed E-state index contributed by atoms with van der Waals surface area (Å²) in [5, 5.41) is 8.90. The van der Waals surface area contributed by atoms with Gasteiger partial charge >= 0.3 is 11.7 Å². The van der Waals surface area contributed by atoms with Crippen LogP contribution in [0.2, 0.25) is 0 Å². The Kier molecular flexibility index (Phi) is 3.09. The van der Waals surface area contributed by atoms with Crippen molar-refractivity contribution in [2.24, 2.45) is 0 Å². The molecule has 1 aliphatic heterocycles. The highest BCUT2D eigenvalue weighted by molar-refractivity contribution is 5.86. The number of nitrogens with zero attached hydrogens (tertiary/aromatic N) is 1. The molecule has 3 N–H and O–H groups in total. The zero-order valence-corrected chi connectivity index (χ0v) is 8.95. The fourth-order valence-corrected chi connectivity index (χ4v) is 2.06. The van der Waals surface area contributed by atoms with Crippen LogP contribution in [0.25, 0.3) is 0 Å². The molecule has 6 heteroatoms. The summed E-state index contributed by atoms with van der Waals surface area (Å²) in [6, 6.07) is 0. The lowest BCUT2D eigenvalue weighted by molar-refractivity contribution is 0.0688. The number of imidazole rings is 1. The molecule has 0 aliphatic carbocycles. The van der Waals surface area contributed by atoms with Gasteiger partial charge < -0.3 is 10.1 Å². The number of hydrogen-bond donors (Lipinski definition) is 3. The molecule has 1 fully saturated rings. The maximum absolute atomic E-state index is 11.1. The van der Waals surface area contributed by atoms with E-state index >= 15 is 0 Å². The second kappa shape index (κ2) is 4.52. The van der Waals surface area contributed by atoms with Crippen molar-refractivity contribution in [3.63, 3.8) is 0 Å². The van der Waals surface area contributed by atoms with Crippen molar-refractivity contribution in [1.82, 2.24) is 14.9 Å². The summed E-state index contributed by atoms with van der Waals surface area (Å²) in [7, 11) is 0. The second-order valence-electron chi connectivity index (χ2n) is 4.07. The van der Waals surface area contributed by atoms with Crippen LogP contribution in [0.4, 0.5) is 0 Å². The van der Waals surface area contributed by atoms with Gasteiger partial charge in [0, 0.05) is 6.54 Å². The summed E-state index contributed by atoms with van der Waals surface area (Å²) < 4.78 is 0. The average molecular weight is 225 g/mol. The van der Waals surface area contributed by atoms with Gasteiger partial charge in [-0.15, -0.1) is 0 Å². The smallest absolute Gasteiger partial charge is 0.354 e. The molecule has 0 spiro atoms. The molecule has 1 aliphatic rings. The molecule has 0 unspecified atom stereocenters. The van der Waals surface area contributed by atoms with Gasteiger partial charge in [-0.1, -0.05) is 6.42 Å². The zero-order chi connectivity index (χ0) is 11.5. The van der Waals surface area contributed by atoms with Crippen LogP contribution in [0.5, 0.6) is 0 Å². The highest BCUT2D eigenvalue weighted by atomic mass is 16.4. The van der Waals surface area contributed by atoms with Gasteiger partial charge in [0.2, 0.25) is 0 Å². The number of carboxylic acids is 1. The van der Waals surface area contributed by atoms with Crippen molar-refractivity contribution in [1.29, 1.82) is 0 Å². The molecule has 0 bridgehead atoms. The number of aromatic carboxylic acids is 1. The van der Waals surface area contributed by atoms with Crippen molar-refractivity contribution in [3.05, 3.63) is 21.9 Å². The zero-order valence-electron chi connectivity index (χ0n) is 8.95. The third kappa shape index (κ3) is 2.33. The Balaban J connectivity index is 2.13. The van der Waals surface area contributed by atoms with Gasteiger partial charge in [0.1, 0.15) is 5.69 Å². The van der Waals surface area contributed by atoms with Gasteiger partial charge in [-0.05, 0) is 25.9 Å². The predicted molar refractivity (Wildman–Crippen MR) is 57.5 cm³/mol. The predicted octanol–water partition coefficient (Wildman–Crippen LogP) is 0.387. The van der Waals surface area contributed by atoms with Crippen molar-refractivity contribution in [3.8, 4) is 0 Å². The van der Waals surface area contributed by atoms with Gasteiger partial charge in [-0.3, -0.25) is 9.88 Å². The lowest BCUT2D eigenvalue weighted by atomic mass is 10.1. The summed E-state index contributed by atoms with van der Waals surface area (Å²) in [6.07, 6.45) is 3.50. The number of hydrogen-bond acceptors (Lipinski definition) is 3. The minimum Gasteiger partial charge on any atom is -0.477 e. The first-order valence-electron chi connectivity index (χ1n) is 5.43. The number of carbonyl (C=O) groups is 1. The van der Waals surface area contributed by atoms with E-state index in [1.807, 2.05) is 0 Å². The Bertz CT molecular complexity index is 429. The second-order valence-corrected chi connectivity index (χ2v) is 4.07. The van der Waals surface area contributed by atoms with Crippen LogP contribution in [-0.4, -0.2) is 39.0 Å². The number of likely N-dealkylation sites (tertiary alicyclic amines) is 1. The van der Waals surface area contributed by atoms with Crippen LogP contribution in [0.1, 0.15) is 35.4 Å². The summed E-state index contributed by atoms with van der Waals surface area (Å²) in [5.74, 6) is -1.09. The minimum atomic E-state index is -1.09. The van der Waals surface area contributed by atoms with Gasteiger partial charge in [-0.25, -0.2) is 9.59 Å². The summed E-state index contributed by atoms with van der Waals surface area (Å²) in [4.78, 5) is 28.9. The van der Waals surface area contributed by atoms with Crippen molar-refractivity contribution in [2.45, 2.75) is 25.8 Å². The monoisotopic (exact) mass is 225 g/mol. The van der Waals surface area contributed by atoms with Crippen LogP contribution >= 0.6 is 0 Å². The van der Waals surface area contributed by atoms with E-state index < -0.39 is 11.7 Å². The van der Waals surface area contributed by atoms with E-state index in [0.29, 0.717) is 12.2 Å². The molecule has 0 amide bonds. The highest BCUT2D eigenvalue weighted by Gasteiger charge is 2.18. The number of piperidine rings is 1. The third-order valence-corrected chi connectivity index (χ3v) is 2.85. The molecule has 0 radical (unpaired) electrons. The van der Waals surface area contributed by atoms with Gasteiger partial charge in [0.05, 0.1) is 5.69 Å². The molecule has 6 nitrogen and oxygen atoms in total. The number of aromatic nitrogens is 2. The van der Waals surface area contributed by atoms with Crippen LogP contribution in [0.15, 0.2) is 4.79 Å². The van der Waals surface area contributed by atoms with Gasteiger partial charge in [0.25, 0.3) is 0 Å². The van der Waals surface area contributed by atoms with E-state index in [9.17, 15) is 9.59 Å². The summed E-state index contributed by atoms with van der Waals surface area (Å²) >= 11 is 0. The first-order valence-corrected chi connectivity index (χ1v) is 5.43. The SMILES string of the molecule is O=C(O)c1[nH]c(=O)[nH]c1CN1CCCCC1. The molecule has 1 aromatic rings. The Hall–Kier alpha value is -1.56. The van der Waals surface area contributed by atoms with Crippen LogP contribution in [0, 0.1) is 0 Å². The number of rotatable bonds is 3. The average Bonchev–Trinajstić information content (AvgIpc) is 2.61. The van der Waals surface area contributed by atoms with E-state index in [4.69, 9.17) is 5.11 Å². The summed E-state index contributed by atoms with van der Waals surface area (Å²) in [5.41, 5.74) is -0.000571. The molecular formula is C10H15N3O3. The molecule has 0 saturated carbocycles. The number of carboxylic acid groups (broad SMARTS) is 1. The molecule has 2 rings (SSSR count). The maximum atomic E-state index is 11.1. The molecule has 1 aromatic heterocycles. The molecule has 0 atom stereocenters. The largest absolute Gasteiger partial charge is 0.477 e. The van der Waals surface area contributed by atoms with Gasteiger partial charge in [-0.2, -0.15) is 0 Å². The van der Waals surface area contributed by atoms with E-state index in [1.165, 1.54) is 6.42 Å². The molecule has 2 heterocycles. The van der Waals surface area contributed by atoms with Crippen molar-refractivity contribution >= 4 is 5.97 Å². The van der Waals surface area contributed by atoms with Crippen LogP contribution in [0.3, 0.4) is 0 Å². The number of H-pyrrole nitrogens is 2. The fraction of sp³-hybridized carbons (Fsp3) is 0.600. The normalized spacial score (nSPS) is 17.5. The molecule has 1 saturated heterocycles. The fourth-order valence-electron chi connectivity index (χ4n) is 2.06. The minimum absolute atomic E-state index is 0.0180. The Morgan fingerprint density at radius 3 is 2.56 bits per heavy atom. The van der Waals surface area contributed by atoms with Gasteiger partial charge in [0.15, 0.2) is 0 Å². The quantitative estimate of drug-likeness (QED) is 0.694. The number of nitrogens with one attached hydrogen (secondary N) is 2. The number of aromatic amines is 2. The Morgan fingerprint density at radius 1 is 1.25 bits per heavy atom. The molecule has 0 aromatic carbocycles. The first-order chi connectivity index (χ1) is 7.66. The first kappa shape index (κ1) is 10.9. The van der Waals surface area contributed by atoms with Crippen LogP contribution in [-0.2, 0) is 6.54 Å². The van der Waals surface area contributed by atoms with Crippen molar-refractivity contribution < 1.29 is 9.90 Å². The van der Waals surface area contributed by atoms with Crippen LogP contribution < -0.4 is 5.69 Å². The topological polar surface area (TPSA) is 89.2 Å². The Morgan fingerprint density at radius 2 is 1.94 bits per heavy atom. The van der Waals surface area contributed by atoms with E-state index in [0.717, 1.165) is 25.9 Å². The van der Waals surface area contributed by atoms with E-state index in [2.05, 4.69) is 14.9 Å². The van der Waals surface area contributed by atoms with E-state index in [-0.39, 0.29) is 5.69 Å². The van der Waals surface area contributed by atoms with Crippen molar-refractivity contribution in [2.75, 3.05) is 13.1 Å². The summed E-state index contributed by atoms with van der Waals surface area (Å²) in [6.45, 7) is 2.43. The molecule has 16 heavy (non-hydrogen) atoms. The maximum Gasteiger partial charge on any atom is 0.354 e. The highest BCUT2D eigenvalue weighted by Crippen LogP contribution is 2.12. The molecule has 88 valence electrons. The molecular weight excluding hydrogens is 210 g/mol. The van der Waals surface area contributed by atoms with E-state index in [1.54, 1.807) is 0 Å². The Labute approximate surface area is 92.3 Å². The lowest BCUT2D eigenvalue weighted by Gasteiger charge is -2.25. The third-order valence-electron chi connectivity index (χ3n) is 2.85.